The fraction of sp³-hybridized carbons (Fsp3) is 0.682. The van der Waals surface area contributed by atoms with Gasteiger partial charge in [0.15, 0.2) is 5.96 Å². The highest BCUT2D eigenvalue weighted by atomic mass is 16.5. The van der Waals surface area contributed by atoms with Gasteiger partial charge in [0.1, 0.15) is 12.4 Å². The van der Waals surface area contributed by atoms with E-state index in [2.05, 4.69) is 42.7 Å². The van der Waals surface area contributed by atoms with Gasteiger partial charge >= 0.3 is 0 Å². The molecule has 1 aliphatic carbocycles. The molecular formula is C22H37N3O3. The zero-order chi connectivity index (χ0) is 20.0. The maximum atomic E-state index is 5.92. The lowest BCUT2D eigenvalue weighted by Crippen LogP contribution is -2.38. The summed E-state index contributed by atoms with van der Waals surface area (Å²) in [7, 11) is 1.68. The molecule has 0 radical (unpaired) electrons. The predicted octanol–water partition coefficient (Wildman–Crippen LogP) is 3.42. The van der Waals surface area contributed by atoms with E-state index in [1.54, 1.807) is 7.11 Å². The maximum absolute atomic E-state index is 5.92. The second-order valence-corrected chi connectivity index (χ2v) is 7.21. The van der Waals surface area contributed by atoms with Crippen molar-refractivity contribution >= 4 is 5.96 Å². The van der Waals surface area contributed by atoms with Gasteiger partial charge in [-0.25, -0.2) is 4.99 Å². The Kier molecular flexibility index (Phi) is 10.8. The van der Waals surface area contributed by atoms with Gasteiger partial charge in [-0.15, -0.1) is 0 Å². The topological polar surface area (TPSA) is 64.1 Å². The van der Waals surface area contributed by atoms with E-state index in [-0.39, 0.29) is 0 Å². The highest BCUT2D eigenvalue weighted by Crippen LogP contribution is 2.22. The molecule has 0 spiro atoms. The molecule has 0 aliphatic heterocycles. The summed E-state index contributed by atoms with van der Waals surface area (Å²) >= 11 is 0. The van der Waals surface area contributed by atoms with E-state index in [1.807, 2.05) is 0 Å². The molecule has 158 valence electrons. The summed E-state index contributed by atoms with van der Waals surface area (Å²) in [5, 5.41) is 6.70. The quantitative estimate of drug-likeness (QED) is 0.325. The first-order valence-electron chi connectivity index (χ1n) is 10.6. The highest BCUT2D eigenvalue weighted by molar-refractivity contribution is 5.79. The van der Waals surface area contributed by atoms with Crippen LogP contribution in [0.4, 0.5) is 0 Å². The molecule has 1 aromatic rings. The average Bonchev–Trinajstić information content (AvgIpc) is 3.20. The molecule has 0 atom stereocenters. The first-order chi connectivity index (χ1) is 13.7. The zero-order valence-corrected chi connectivity index (χ0v) is 17.8. The molecule has 6 nitrogen and oxygen atoms in total. The monoisotopic (exact) mass is 391 g/mol. The third kappa shape index (κ3) is 8.48. The standard InChI is InChI=1S/C22H37N3O3/c1-4-23-22(24-12-7-13-27-20-8-5-6-9-20)25-17-19-11-10-18(2)16-21(19)28-15-14-26-3/h10-11,16,20H,4-9,12-15,17H2,1-3H3,(H2,23,24,25). The van der Waals surface area contributed by atoms with Crippen molar-refractivity contribution in [2.75, 3.05) is 40.0 Å². The average molecular weight is 392 g/mol. The smallest absolute Gasteiger partial charge is 0.191 e. The number of ether oxygens (including phenoxy) is 3. The third-order valence-electron chi connectivity index (χ3n) is 4.79. The fourth-order valence-electron chi connectivity index (χ4n) is 3.25. The SMILES string of the molecule is CCNC(=NCc1ccc(C)cc1OCCOC)NCCCOC1CCCC1. The van der Waals surface area contributed by atoms with Crippen LogP contribution in [0.3, 0.4) is 0 Å². The predicted molar refractivity (Wildman–Crippen MR) is 114 cm³/mol. The number of benzene rings is 1. The number of aliphatic imine (C=N–C) groups is 1. The van der Waals surface area contributed by atoms with E-state index < -0.39 is 0 Å². The molecule has 0 saturated heterocycles. The number of hydrogen-bond acceptors (Lipinski definition) is 4. The first kappa shape index (κ1) is 22.5. The van der Waals surface area contributed by atoms with Crippen LogP contribution in [0.2, 0.25) is 0 Å². The minimum absolute atomic E-state index is 0.486. The summed E-state index contributed by atoms with van der Waals surface area (Å²) in [6.45, 7) is 8.31. The number of nitrogens with one attached hydrogen (secondary N) is 2. The molecule has 2 N–H and O–H groups in total. The zero-order valence-electron chi connectivity index (χ0n) is 17.8. The Morgan fingerprint density at radius 3 is 2.71 bits per heavy atom. The van der Waals surface area contributed by atoms with Crippen LogP contribution in [-0.2, 0) is 16.0 Å². The molecule has 0 unspecified atom stereocenters. The number of rotatable bonds is 12. The van der Waals surface area contributed by atoms with E-state index in [0.717, 1.165) is 43.4 Å². The van der Waals surface area contributed by atoms with Crippen molar-refractivity contribution < 1.29 is 14.2 Å². The molecule has 0 aromatic heterocycles. The van der Waals surface area contributed by atoms with Crippen LogP contribution < -0.4 is 15.4 Å². The van der Waals surface area contributed by atoms with E-state index in [1.165, 1.54) is 31.2 Å². The Balaban J connectivity index is 1.81. The Labute approximate surface area is 170 Å². The minimum Gasteiger partial charge on any atom is -0.491 e. The summed E-state index contributed by atoms with van der Waals surface area (Å²) in [6, 6.07) is 6.23. The van der Waals surface area contributed by atoms with E-state index in [0.29, 0.717) is 25.9 Å². The van der Waals surface area contributed by atoms with Crippen LogP contribution in [0.15, 0.2) is 23.2 Å². The Hall–Kier alpha value is -1.79. The van der Waals surface area contributed by atoms with Crippen molar-refractivity contribution in [3.8, 4) is 5.75 Å². The number of nitrogens with zero attached hydrogens (tertiary/aromatic N) is 1. The number of aryl methyl sites for hydroxylation is 1. The number of methoxy groups -OCH3 is 1. The van der Waals surface area contributed by atoms with Gasteiger partial charge in [0.2, 0.25) is 0 Å². The van der Waals surface area contributed by atoms with Crippen LogP contribution in [0, 0.1) is 6.92 Å². The molecular weight excluding hydrogens is 354 g/mol. The van der Waals surface area contributed by atoms with Crippen LogP contribution in [0.5, 0.6) is 5.75 Å². The van der Waals surface area contributed by atoms with Gasteiger partial charge in [-0.05, 0) is 44.7 Å². The Morgan fingerprint density at radius 1 is 1.14 bits per heavy atom. The molecule has 0 amide bonds. The molecule has 1 fully saturated rings. The van der Waals surface area contributed by atoms with Crippen LogP contribution >= 0.6 is 0 Å². The summed E-state index contributed by atoms with van der Waals surface area (Å²) in [5.41, 5.74) is 2.25. The van der Waals surface area contributed by atoms with Gasteiger partial charge in [0.25, 0.3) is 0 Å². The number of hydrogen-bond donors (Lipinski definition) is 2. The van der Waals surface area contributed by atoms with Gasteiger partial charge in [0.05, 0.1) is 19.3 Å². The van der Waals surface area contributed by atoms with Crippen molar-refractivity contribution in [3.05, 3.63) is 29.3 Å². The normalized spacial score (nSPS) is 15.0. The lowest BCUT2D eigenvalue weighted by molar-refractivity contribution is 0.0574. The van der Waals surface area contributed by atoms with Gasteiger partial charge in [0, 0.05) is 32.4 Å². The molecule has 1 aliphatic rings. The number of guanidine groups is 1. The van der Waals surface area contributed by atoms with Crippen molar-refractivity contribution in [1.29, 1.82) is 0 Å². The molecule has 1 saturated carbocycles. The van der Waals surface area contributed by atoms with Gasteiger partial charge in [-0.1, -0.05) is 25.0 Å². The van der Waals surface area contributed by atoms with Crippen LogP contribution in [0.1, 0.15) is 50.2 Å². The van der Waals surface area contributed by atoms with E-state index in [9.17, 15) is 0 Å². The van der Waals surface area contributed by atoms with Gasteiger partial charge in [-0.3, -0.25) is 0 Å². The summed E-state index contributed by atoms with van der Waals surface area (Å²) in [5.74, 6) is 1.70. The highest BCUT2D eigenvalue weighted by Gasteiger charge is 2.14. The molecule has 2 rings (SSSR count). The van der Waals surface area contributed by atoms with Gasteiger partial charge < -0.3 is 24.8 Å². The van der Waals surface area contributed by atoms with Crippen LogP contribution in [-0.4, -0.2) is 52.1 Å². The minimum atomic E-state index is 0.486. The molecule has 0 bridgehead atoms. The van der Waals surface area contributed by atoms with Gasteiger partial charge in [-0.2, -0.15) is 0 Å². The largest absolute Gasteiger partial charge is 0.491 e. The molecule has 1 aromatic carbocycles. The summed E-state index contributed by atoms with van der Waals surface area (Å²) < 4.78 is 16.9. The van der Waals surface area contributed by atoms with E-state index in [4.69, 9.17) is 19.2 Å². The lowest BCUT2D eigenvalue weighted by atomic mass is 10.1. The van der Waals surface area contributed by atoms with Crippen molar-refractivity contribution in [2.45, 2.75) is 58.6 Å². The maximum Gasteiger partial charge on any atom is 0.191 e. The first-order valence-corrected chi connectivity index (χ1v) is 10.6. The van der Waals surface area contributed by atoms with Crippen LogP contribution in [0.25, 0.3) is 0 Å². The van der Waals surface area contributed by atoms with E-state index >= 15 is 0 Å². The molecule has 6 heteroatoms. The van der Waals surface area contributed by atoms with Crippen molar-refractivity contribution in [3.63, 3.8) is 0 Å². The van der Waals surface area contributed by atoms with Crippen molar-refractivity contribution in [1.82, 2.24) is 10.6 Å². The lowest BCUT2D eigenvalue weighted by Gasteiger charge is -2.14. The molecule has 28 heavy (non-hydrogen) atoms. The molecule has 0 heterocycles. The fourth-order valence-corrected chi connectivity index (χ4v) is 3.25. The third-order valence-corrected chi connectivity index (χ3v) is 4.79. The second-order valence-electron chi connectivity index (χ2n) is 7.21. The van der Waals surface area contributed by atoms with Crippen molar-refractivity contribution in [2.24, 2.45) is 4.99 Å². The summed E-state index contributed by atoms with van der Waals surface area (Å²) in [4.78, 5) is 4.72. The Morgan fingerprint density at radius 2 is 1.96 bits per heavy atom. The summed E-state index contributed by atoms with van der Waals surface area (Å²) in [6.07, 6.45) is 6.55. The Bertz CT molecular complexity index is 586. The second kappa shape index (κ2) is 13.4.